The van der Waals surface area contributed by atoms with Gasteiger partial charge in [-0.1, -0.05) is 34.8 Å². The molecule has 0 saturated carbocycles. The summed E-state index contributed by atoms with van der Waals surface area (Å²) in [4.78, 5) is 38.5. The molecule has 29 heavy (non-hydrogen) atoms. The Morgan fingerprint density at radius 2 is 1.72 bits per heavy atom. The van der Waals surface area contributed by atoms with Crippen LogP contribution in [-0.4, -0.2) is 23.9 Å². The Balaban J connectivity index is 2.06. The molecule has 1 saturated heterocycles. The van der Waals surface area contributed by atoms with Crippen LogP contribution < -0.4 is 15.0 Å². The summed E-state index contributed by atoms with van der Waals surface area (Å²) in [5.74, 6) is -1.20. The first-order chi connectivity index (χ1) is 13.7. The summed E-state index contributed by atoms with van der Waals surface area (Å²) in [6.45, 7) is 3.68. The molecule has 0 atom stereocenters. The zero-order chi connectivity index (χ0) is 21.3. The number of carbonyl (C=O) groups is 3. The number of imide groups is 2. The van der Waals surface area contributed by atoms with Crippen LogP contribution in [0.4, 0.5) is 10.5 Å². The van der Waals surface area contributed by atoms with Gasteiger partial charge in [0, 0.05) is 10.6 Å². The second kappa shape index (κ2) is 8.45. The largest absolute Gasteiger partial charge is 0.490 e. The lowest BCUT2D eigenvalue weighted by Gasteiger charge is -2.26. The molecule has 0 aliphatic carbocycles. The van der Waals surface area contributed by atoms with Crippen molar-refractivity contribution in [2.24, 2.45) is 0 Å². The topological polar surface area (TPSA) is 75.7 Å². The van der Waals surface area contributed by atoms with Gasteiger partial charge in [-0.05, 0) is 56.3 Å². The zero-order valence-electron chi connectivity index (χ0n) is 15.3. The number of urea groups is 1. The third-order valence-corrected chi connectivity index (χ3v) is 4.87. The second-order valence-corrected chi connectivity index (χ2v) is 7.66. The molecule has 1 N–H and O–H groups in total. The van der Waals surface area contributed by atoms with E-state index in [2.05, 4.69) is 5.32 Å². The van der Waals surface area contributed by atoms with Crippen LogP contribution in [0, 0.1) is 0 Å². The molecule has 1 aliphatic heterocycles. The lowest BCUT2D eigenvalue weighted by molar-refractivity contribution is -0.122. The molecule has 1 aliphatic rings. The van der Waals surface area contributed by atoms with Crippen molar-refractivity contribution in [2.75, 3.05) is 4.90 Å². The Morgan fingerprint density at radius 3 is 2.38 bits per heavy atom. The number of amides is 4. The van der Waals surface area contributed by atoms with Crippen LogP contribution in [0.2, 0.25) is 15.1 Å². The zero-order valence-corrected chi connectivity index (χ0v) is 17.6. The quantitative estimate of drug-likeness (QED) is 0.516. The number of carbonyl (C=O) groups excluding carboxylic acids is 3. The standard InChI is InChI=1S/C20H15Cl3N2O4/c1-10(2)29-17-6-3-12(21)7-11(17)8-14-18(26)24-20(28)25(19(14)27)13-4-5-15(22)16(23)9-13/h3-10H,1-2H3,(H,24,26,28)/b14-8+. The number of rotatable bonds is 4. The predicted molar refractivity (Wildman–Crippen MR) is 113 cm³/mol. The Morgan fingerprint density at radius 1 is 1.00 bits per heavy atom. The van der Waals surface area contributed by atoms with E-state index in [-0.39, 0.29) is 27.4 Å². The van der Waals surface area contributed by atoms with Crippen LogP contribution in [0.25, 0.3) is 6.08 Å². The van der Waals surface area contributed by atoms with Crippen LogP contribution >= 0.6 is 34.8 Å². The van der Waals surface area contributed by atoms with Gasteiger partial charge in [0.1, 0.15) is 11.3 Å². The van der Waals surface area contributed by atoms with Crippen LogP contribution in [0.5, 0.6) is 5.75 Å². The van der Waals surface area contributed by atoms with Crippen molar-refractivity contribution in [1.29, 1.82) is 0 Å². The molecule has 0 spiro atoms. The summed E-state index contributed by atoms with van der Waals surface area (Å²) in [5, 5.41) is 2.97. The van der Waals surface area contributed by atoms with E-state index in [0.29, 0.717) is 16.3 Å². The highest BCUT2D eigenvalue weighted by Crippen LogP contribution is 2.31. The van der Waals surface area contributed by atoms with Crippen molar-refractivity contribution in [3.8, 4) is 5.75 Å². The van der Waals surface area contributed by atoms with Gasteiger partial charge in [-0.15, -0.1) is 0 Å². The van der Waals surface area contributed by atoms with E-state index >= 15 is 0 Å². The summed E-state index contributed by atoms with van der Waals surface area (Å²) < 4.78 is 5.71. The van der Waals surface area contributed by atoms with Crippen molar-refractivity contribution in [2.45, 2.75) is 20.0 Å². The van der Waals surface area contributed by atoms with Crippen molar-refractivity contribution in [3.05, 3.63) is 62.6 Å². The molecule has 2 aromatic rings. The predicted octanol–water partition coefficient (Wildman–Crippen LogP) is 5.10. The number of hydrogen-bond donors (Lipinski definition) is 1. The smallest absolute Gasteiger partial charge is 0.335 e. The van der Waals surface area contributed by atoms with Crippen molar-refractivity contribution >= 4 is 64.4 Å². The molecule has 2 aromatic carbocycles. The van der Waals surface area contributed by atoms with Crippen molar-refractivity contribution in [3.63, 3.8) is 0 Å². The molecule has 3 rings (SSSR count). The fourth-order valence-corrected chi connectivity index (χ4v) is 3.14. The van der Waals surface area contributed by atoms with E-state index in [1.165, 1.54) is 24.3 Å². The molecule has 0 unspecified atom stereocenters. The van der Waals surface area contributed by atoms with Gasteiger partial charge in [-0.3, -0.25) is 14.9 Å². The third-order valence-electron chi connectivity index (χ3n) is 3.90. The highest BCUT2D eigenvalue weighted by Gasteiger charge is 2.37. The van der Waals surface area contributed by atoms with Gasteiger partial charge < -0.3 is 4.74 Å². The Bertz CT molecular complexity index is 1050. The molecule has 1 fully saturated rings. The van der Waals surface area contributed by atoms with Crippen molar-refractivity contribution < 1.29 is 19.1 Å². The van der Waals surface area contributed by atoms with Gasteiger partial charge in [0.05, 0.1) is 21.8 Å². The van der Waals surface area contributed by atoms with E-state index in [0.717, 1.165) is 4.90 Å². The second-order valence-electron chi connectivity index (χ2n) is 6.41. The number of anilines is 1. The van der Waals surface area contributed by atoms with Crippen molar-refractivity contribution in [1.82, 2.24) is 5.32 Å². The fraction of sp³-hybridized carbons (Fsp3) is 0.150. The van der Waals surface area contributed by atoms with E-state index in [1.54, 1.807) is 18.2 Å². The highest BCUT2D eigenvalue weighted by molar-refractivity contribution is 6.43. The van der Waals surface area contributed by atoms with Gasteiger partial charge >= 0.3 is 6.03 Å². The lowest BCUT2D eigenvalue weighted by Crippen LogP contribution is -2.54. The number of halogens is 3. The number of benzene rings is 2. The van der Waals surface area contributed by atoms with Crippen LogP contribution in [0.3, 0.4) is 0 Å². The first kappa shape index (κ1) is 21.2. The SMILES string of the molecule is CC(C)Oc1ccc(Cl)cc1/C=C1\C(=O)NC(=O)N(c2ccc(Cl)c(Cl)c2)C1=O. The number of barbiturate groups is 1. The number of hydrogen-bond acceptors (Lipinski definition) is 4. The number of ether oxygens (including phenoxy) is 1. The molecule has 9 heteroatoms. The van der Waals surface area contributed by atoms with E-state index in [9.17, 15) is 14.4 Å². The minimum Gasteiger partial charge on any atom is -0.490 e. The van der Waals surface area contributed by atoms with Gasteiger partial charge in [0.25, 0.3) is 11.8 Å². The van der Waals surface area contributed by atoms with Gasteiger partial charge in [-0.2, -0.15) is 0 Å². The Kier molecular flexibility index (Phi) is 6.17. The van der Waals surface area contributed by atoms with Crippen LogP contribution in [0.15, 0.2) is 42.0 Å². The molecule has 6 nitrogen and oxygen atoms in total. The summed E-state index contributed by atoms with van der Waals surface area (Å²) in [6.07, 6.45) is 1.19. The maximum atomic E-state index is 13.0. The molecule has 0 aromatic heterocycles. The number of nitrogens with one attached hydrogen (secondary N) is 1. The molecule has 1 heterocycles. The summed E-state index contributed by atoms with van der Waals surface area (Å²) in [5.41, 5.74) is 0.338. The highest BCUT2D eigenvalue weighted by atomic mass is 35.5. The van der Waals surface area contributed by atoms with Gasteiger partial charge in [0.15, 0.2) is 0 Å². The molecular weight excluding hydrogens is 439 g/mol. The Labute approximate surface area is 182 Å². The summed E-state index contributed by atoms with van der Waals surface area (Å²) in [6, 6.07) is 8.21. The monoisotopic (exact) mass is 452 g/mol. The number of nitrogens with zero attached hydrogens (tertiary/aromatic N) is 1. The molecule has 0 bridgehead atoms. The molecule has 150 valence electrons. The first-order valence-corrected chi connectivity index (χ1v) is 9.63. The van der Waals surface area contributed by atoms with Crippen LogP contribution in [-0.2, 0) is 9.59 Å². The Hall–Kier alpha value is -2.54. The van der Waals surface area contributed by atoms with E-state index in [1.807, 2.05) is 13.8 Å². The van der Waals surface area contributed by atoms with E-state index < -0.39 is 17.8 Å². The first-order valence-electron chi connectivity index (χ1n) is 8.50. The van der Waals surface area contributed by atoms with Gasteiger partial charge in [-0.25, -0.2) is 9.69 Å². The summed E-state index contributed by atoms with van der Waals surface area (Å²) >= 11 is 18.0. The maximum Gasteiger partial charge on any atom is 0.335 e. The molecule has 4 amide bonds. The summed E-state index contributed by atoms with van der Waals surface area (Å²) in [7, 11) is 0. The minimum absolute atomic E-state index is 0.140. The normalized spacial score (nSPS) is 15.9. The lowest BCUT2D eigenvalue weighted by atomic mass is 10.1. The minimum atomic E-state index is -0.889. The van der Waals surface area contributed by atoms with Gasteiger partial charge in [0.2, 0.25) is 0 Å². The maximum absolute atomic E-state index is 13.0. The molecular formula is C20H15Cl3N2O4. The average molecular weight is 454 g/mol. The fourth-order valence-electron chi connectivity index (χ4n) is 2.66. The third kappa shape index (κ3) is 4.56. The van der Waals surface area contributed by atoms with E-state index in [4.69, 9.17) is 39.5 Å². The van der Waals surface area contributed by atoms with Crippen LogP contribution in [0.1, 0.15) is 19.4 Å². The average Bonchev–Trinajstić information content (AvgIpc) is 2.63. The molecule has 0 radical (unpaired) electrons.